The Morgan fingerprint density at radius 1 is 1.09 bits per heavy atom. The first-order chi connectivity index (χ1) is 15.2. The number of amides is 1. The first-order valence-electron chi connectivity index (χ1n) is 10.7. The number of hydrogen-bond donors (Lipinski definition) is 4. The van der Waals surface area contributed by atoms with Gasteiger partial charge in [0.2, 0.25) is 0 Å². The first kappa shape index (κ1) is 25.1. The number of nitrogens with one attached hydrogen (secondary N) is 3. The van der Waals surface area contributed by atoms with Crippen LogP contribution in [0.5, 0.6) is 0 Å². The van der Waals surface area contributed by atoms with E-state index in [2.05, 4.69) is 20.9 Å². The second-order valence-electron chi connectivity index (χ2n) is 8.29. The second kappa shape index (κ2) is 12.0. The number of nitrogens with zero attached hydrogens (tertiary/aromatic N) is 1. The van der Waals surface area contributed by atoms with Gasteiger partial charge in [-0.05, 0) is 69.5 Å². The molecule has 0 aliphatic carbocycles. The van der Waals surface area contributed by atoms with E-state index in [1.165, 1.54) is 12.1 Å². The number of aliphatic imine (C=N–C) groups is 1. The standard InChI is InChI=1S/C24H33FN4O3/c1-5-26-22(28-16-21(30)18-8-10-19(25)11-9-18)27-15-14-17-6-12-20(13-7-17)29-23(31)32-24(2,3)4/h6-13,21,30H,5,14-16H2,1-4H3,(H,29,31)(H2,26,27,28). The Balaban J connectivity index is 1.83. The summed E-state index contributed by atoms with van der Waals surface area (Å²) in [6, 6.07) is 13.3. The molecule has 0 saturated carbocycles. The number of halogens is 1. The molecule has 2 rings (SSSR count). The Hall–Kier alpha value is -3.13. The lowest BCUT2D eigenvalue weighted by Gasteiger charge is -2.19. The molecule has 7 nitrogen and oxygen atoms in total. The van der Waals surface area contributed by atoms with Crippen molar-refractivity contribution in [1.29, 1.82) is 0 Å². The summed E-state index contributed by atoms with van der Waals surface area (Å²) in [4.78, 5) is 16.2. The lowest BCUT2D eigenvalue weighted by atomic mass is 10.1. The molecule has 0 bridgehead atoms. The number of benzene rings is 2. The summed E-state index contributed by atoms with van der Waals surface area (Å²) >= 11 is 0. The minimum absolute atomic E-state index is 0.159. The molecule has 0 radical (unpaired) electrons. The van der Waals surface area contributed by atoms with E-state index < -0.39 is 17.8 Å². The van der Waals surface area contributed by atoms with Crippen LogP contribution in [0, 0.1) is 5.82 Å². The SMILES string of the molecule is CCNC(=NCC(O)c1ccc(F)cc1)NCCc1ccc(NC(=O)OC(C)(C)C)cc1. The third kappa shape index (κ3) is 9.34. The van der Waals surface area contributed by atoms with E-state index in [-0.39, 0.29) is 12.4 Å². The van der Waals surface area contributed by atoms with Crippen molar-refractivity contribution in [2.75, 3.05) is 25.0 Å². The minimum atomic E-state index is -0.809. The predicted octanol–water partition coefficient (Wildman–Crippen LogP) is 4.00. The molecule has 0 aliphatic rings. The lowest BCUT2D eigenvalue weighted by molar-refractivity contribution is 0.0636. The van der Waals surface area contributed by atoms with Crippen molar-refractivity contribution in [3.63, 3.8) is 0 Å². The van der Waals surface area contributed by atoms with Crippen LogP contribution < -0.4 is 16.0 Å². The molecule has 1 amide bonds. The first-order valence-corrected chi connectivity index (χ1v) is 10.7. The van der Waals surface area contributed by atoms with Crippen LogP contribution in [0.4, 0.5) is 14.9 Å². The molecule has 2 aromatic rings. The van der Waals surface area contributed by atoms with Gasteiger partial charge in [0.1, 0.15) is 11.4 Å². The summed E-state index contributed by atoms with van der Waals surface area (Å²) in [5, 5.41) is 19.3. The van der Waals surface area contributed by atoms with Gasteiger partial charge in [-0.3, -0.25) is 10.3 Å². The van der Waals surface area contributed by atoms with Crippen LogP contribution in [-0.2, 0) is 11.2 Å². The van der Waals surface area contributed by atoms with Gasteiger partial charge in [0.05, 0.1) is 12.6 Å². The molecule has 174 valence electrons. The number of hydrogen-bond acceptors (Lipinski definition) is 4. The smallest absolute Gasteiger partial charge is 0.412 e. The zero-order valence-corrected chi connectivity index (χ0v) is 19.1. The fraction of sp³-hybridized carbons (Fsp3) is 0.417. The molecule has 2 aromatic carbocycles. The molecule has 8 heteroatoms. The number of carbonyl (C=O) groups excluding carboxylic acids is 1. The monoisotopic (exact) mass is 444 g/mol. The van der Waals surface area contributed by atoms with E-state index in [9.17, 15) is 14.3 Å². The topological polar surface area (TPSA) is 95.0 Å². The molecule has 0 heterocycles. The van der Waals surface area contributed by atoms with Crippen molar-refractivity contribution in [3.8, 4) is 0 Å². The van der Waals surface area contributed by atoms with Crippen molar-refractivity contribution in [2.45, 2.75) is 45.8 Å². The van der Waals surface area contributed by atoms with Crippen molar-refractivity contribution in [2.24, 2.45) is 4.99 Å². The van der Waals surface area contributed by atoms with Gasteiger partial charge in [-0.2, -0.15) is 0 Å². The highest BCUT2D eigenvalue weighted by molar-refractivity contribution is 5.84. The summed E-state index contributed by atoms with van der Waals surface area (Å²) in [5.41, 5.74) is 1.83. The molecule has 0 aliphatic heterocycles. The maximum absolute atomic E-state index is 13.0. The highest BCUT2D eigenvalue weighted by Crippen LogP contribution is 2.14. The van der Waals surface area contributed by atoms with Crippen LogP contribution in [-0.4, -0.2) is 42.4 Å². The fourth-order valence-electron chi connectivity index (χ4n) is 2.81. The van der Waals surface area contributed by atoms with Crippen LogP contribution in [0.3, 0.4) is 0 Å². The van der Waals surface area contributed by atoms with Gasteiger partial charge in [-0.15, -0.1) is 0 Å². The maximum atomic E-state index is 13.0. The molecule has 0 saturated heterocycles. The summed E-state index contributed by atoms with van der Waals surface area (Å²) < 4.78 is 18.3. The number of aliphatic hydroxyl groups is 1. The number of aliphatic hydroxyl groups excluding tert-OH is 1. The molecule has 0 spiro atoms. The fourth-order valence-corrected chi connectivity index (χ4v) is 2.81. The molecular formula is C24H33FN4O3. The zero-order chi connectivity index (χ0) is 23.6. The van der Waals surface area contributed by atoms with Gasteiger partial charge < -0.3 is 20.5 Å². The molecular weight excluding hydrogens is 411 g/mol. The Morgan fingerprint density at radius 2 is 1.75 bits per heavy atom. The van der Waals surface area contributed by atoms with Crippen LogP contribution in [0.1, 0.15) is 44.9 Å². The van der Waals surface area contributed by atoms with Crippen LogP contribution in [0.25, 0.3) is 0 Å². The quantitative estimate of drug-likeness (QED) is 0.365. The van der Waals surface area contributed by atoms with E-state index in [1.807, 2.05) is 52.0 Å². The summed E-state index contributed by atoms with van der Waals surface area (Å²) in [6.07, 6.45) is -0.546. The molecule has 0 aromatic heterocycles. The van der Waals surface area contributed by atoms with E-state index >= 15 is 0 Å². The van der Waals surface area contributed by atoms with E-state index in [4.69, 9.17) is 4.74 Å². The lowest BCUT2D eigenvalue weighted by Crippen LogP contribution is -2.38. The molecule has 4 N–H and O–H groups in total. The number of rotatable bonds is 8. The molecule has 32 heavy (non-hydrogen) atoms. The van der Waals surface area contributed by atoms with Gasteiger partial charge in [-0.25, -0.2) is 9.18 Å². The van der Waals surface area contributed by atoms with Crippen molar-refractivity contribution >= 4 is 17.7 Å². The Morgan fingerprint density at radius 3 is 2.34 bits per heavy atom. The molecule has 0 fully saturated rings. The third-order valence-electron chi connectivity index (χ3n) is 4.33. The molecule has 1 atom stereocenters. The van der Waals surface area contributed by atoms with Crippen LogP contribution in [0.2, 0.25) is 0 Å². The van der Waals surface area contributed by atoms with Crippen molar-refractivity contribution < 1.29 is 19.0 Å². The highest BCUT2D eigenvalue weighted by Gasteiger charge is 2.16. The number of anilines is 1. The zero-order valence-electron chi connectivity index (χ0n) is 19.1. The third-order valence-corrected chi connectivity index (χ3v) is 4.33. The Kier molecular flexibility index (Phi) is 9.46. The van der Waals surface area contributed by atoms with Gasteiger partial charge in [0, 0.05) is 18.8 Å². The van der Waals surface area contributed by atoms with E-state index in [1.54, 1.807) is 12.1 Å². The van der Waals surface area contributed by atoms with Gasteiger partial charge in [-0.1, -0.05) is 24.3 Å². The summed E-state index contributed by atoms with van der Waals surface area (Å²) in [5.74, 6) is 0.255. The normalized spacial score (nSPS) is 12.8. The van der Waals surface area contributed by atoms with Crippen molar-refractivity contribution in [1.82, 2.24) is 10.6 Å². The predicted molar refractivity (Wildman–Crippen MR) is 125 cm³/mol. The van der Waals surface area contributed by atoms with Crippen LogP contribution >= 0.6 is 0 Å². The average Bonchev–Trinajstić information content (AvgIpc) is 2.72. The number of carbonyl (C=O) groups is 1. The molecule has 1 unspecified atom stereocenters. The number of guanidine groups is 1. The maximum Gasteiger partial charge on any atom is 0.412 e. The van der Waals surface area contributed by atoms with E-state index in [0.29, 0.717) is 30.3 Å². The van der Waals surface area contributed by atoms with Crippen LogP contribution in [0.15, 0.2) is 53.5 Å². The number of ether oxygens (including phenoxy) is 1. The van der Waals surface area contributed by atoms with Gasteiger partial charge in [0.25, 0.3) is 0 Å². The Bertz CT molecular complexity index is 878. The van der Waals surface area contributed by atoms with Gasteiger partial charge in [0.15, 0.2) is 5.96 Å². The Labute approximate surface area is 189 Å². The highest BCUT2D eigenvalue weighted by atomic mass is 19.1. The van der Waals surface area contributed by atoms with Gasteiger partial charge >= 0.3 is 6.09 Å². The van der Waals surface area contributed by atoms with E-state index in [0.717, 1.165) is 12.0 Å². The summed E-state index contributed by atoms with van der Waals surface area (Å²) in [6.45, 7) is 8.89. The average molecular weight is 445 g/mol. The summed E-state index contributed by atoms with van der Waals surface area (Å²) in [7, 11) is 0. The second-order valence-corrected chi connectivity index (χ2v) is 8.29. The minimum Gasteiger partial charge on any atom is -0.444 e. The van der Waals surface area contributed by atoms with Crippen molar-refractivity contribution in [3.05, 3.63) is 65.5 Å². The largest absolute Gasteiger partial charge is 0.444 e.